The Morgan fingerprint density at radius 3 is 2.04 bits per heavy atom. The second kappa shape index (κ2) is 8.38. The number of hydrogen-bond donors (Lipinski definition) is 0. The van der Waals surface area contributed by atoms with E-state index in [2.05, 4.69) is 32.8 Å². The van der Waals surface area contributed by atoms with Gasteiger partial charge >= 0.3 is 29.6 Å². The quantitative estimate of drug-likeness (QED) is 0.557. The zero-order chi connectivity index (χ0) is 18.2. The van der Waals surface area contributed by atoms with Crippen LogP contribution in [-0.4, -0.2) is 35.7 Å². The largest absolute Gasteiger partial charge is 1.00 e. The molecule has 0 aromatic heterocycles. The minimum atomic E-state index is -4.39. The smallest absolute Gasteiger partial charge is 0.744 e. The molecule has 1 unspecified atom stereocenters. The maximum absolute atomic E-state index is 11.0. The second-order valence-corrected chi connectivity index (χ2v) is 9.37. The van der Waals surface area contributed by atoms with Crippen LogP contribution in [0.4, 0.5) is 0 Å². The van der Waals surface area contributed by atoms with Crippen LogP contribution in [0, 0.1) is 0 Å². The van der Waals surface area contributed by atoms with Crippen molar-refractivity contribution in [2.24, 2.45) is 0 Å². The van der Waals surface area contributed by atoms with Crippen molar-refractivity contribution in [1.82, 2.24) is 5.06 Å². The number of hydroxylamine groups is 2. The summed E-state index contributed by atoms with van der Waals surface area (Å²) in [5.41, 5.74) is 0.930. The van der Waals surface area contributed by atoms with Gasteiger partial charge in [-0.15, -0.1) is 0 Å². The molecule has 2 rings (SSSR count). The average Bonchev–Trinajstić information content (AvgIpc) is 2.44. The standard InChI is InChI=1S/C18H29NO4S.Na/c1-14(15-7-9-16(10-8-15)24(20,21)22)13-23-19-17(2,3)11-6-12-18(19,4)5;/h7-10,14H,6,11-13H2,1-5H3,(H,20,21,22);/q;+1/p-1. The molecular formula is C18H28NNaO4S. The number of benzene rings is 1. The SMILES string of the molecule is CC(CON1C(C)(C)CCCC1(C)C)c1ccc(S(=O)(=O)[O-])cc1.[Na+]. The molecule has 0 bridgehead atoms. The topological polar surface area (TPSA) is 69.7 Å². The van der Waals surface area contributed by atoms with E-state index < -0.39 is 10.1 Å². The molecule has 1 heterocycles. The van der Waals surface area contributed by atoms with Crippen LogP contribution in [0.15, 0.2) is 29.2 Å². The molecule has 5 nitrogen and oxygen atoms in total. The van der Waals surface area contributed by atoms with E-state index in [1.165, 1.54) is 18.6 Å². The van der Waals surface area contributed by atoms with Gasteiger partial charge in [0.25, 0.3) is 0 Å². The van der Waals surface area contributed by atoms with Crippen LogP contribution in [0.1, 0.15) is 65.4 Å². The number of hydrogen-bond acceptors (Lipinski definition) is 5. The Balaban J connectivity index is 0.00000312. The summed E-state index contributed by atoms with van der Waals surface area (Å²) >= 11 is 0. The predicted octanol–water partition coefficient (Wildman–Crippen LogP) is 0.673. The van der Waals surface area contributed by atoms with Gasteiger partial charge in [-0.2, -0.15) is 5.06 Å². The molecule has 0 spiro atoms. The Labute approximate surface area is 174 Å². The summed E-state index contributed by atoms with van der Waals surface area (Å²) in [4.78, 5) is 5.98. The molecule has 25 heavy (non-hydrogen) atoms. The molecule has 1 saturated heterocycles. The molecule has 1 aromatic rings. The summed E-state index contributed by atoms with van der Waals surface area (Å²) in [7, 11) is -4.39. The molecule has 0 aliphatic carbocycles. The fourth-order valence-corrected chi connectivity index (χ4v) is 4.04. The Kier molecular flexibility index (Phi) is 7.74. The second-order valence-electron chi connectivity index (χ2n) is 7.99. The Morgan fingerprint density at radius 1 is 1.12 bits per heavy atom. The maximum atomic E-state index is 11.0. The van der Waals surface area contributed by atoms with Gasteiger partial charge in [0.2, 0.25) is 0 Å². The van der Waals surface area contributed by atoms with Gasteiger partial charge in [0.05, 0.1) is 11.5 Å². The van der Waals surface area contributed by atoms with Crippen molar-refractivity contribution in [3.8, 4) is 0 Å². The third kappa shape index (κ3) is 5.76. The first-order valence-corrected chi connectivity index (χ1v) is 9.83. The molecule has 1 aromatic carbocycles. The molecule has 1 aliphatic rings. The van der Waals surface area contributed by atoms with Crippen molar-refractivity contribution in [3.63, 3.8) is 0 Å². The Morgan fingerprint density at radius 2 is 1.60 bits per heavy atom. The number of rotatable bonds is 5. The molecule has 0 N–H and O–H groups in total. The van der Waals surface area contributed by atoms with Crippen LogP contribution in [0.3, 0.4) is 0 Å². The predicted molar refractivity (Wildman–Crippen MR) is 92.6 cm³/mol. The summed E-state index contributed by atoms with van der Waals surface area (Å²) in [5.74, 6) is 0.0990. The molecule has 1 atom stereocenters. The van der Waals surface area contributed by atoms with Gasteiger partial charge in [-0.25, -0.2) is 8.42 Å². The Bertz CT molecular complexity index is 655. The molecule has 1 aliphatic heterocycles. The van der Waals surface area contributed by atoms with Gasteiger partial charge in [-0.1, -0.05) is 19.1 Å². The third-order valence-electron chi connectivity index (χ3n) is 4.87. The first kappa shape index (κ1) is 23.1. The number of piperidine rings is 1. The van der Waals surface area contributed by atoms with Crippen LogP contribution < -0.4 is 29.6 Å². The normalized spacial score (nSPS) is 21.4. The van der Waals surface area contributed by atoms with Crippen molar-refractivity contribution in [1.29, 1.82) is 0 Å². The van der Waals surface area contributed by atoms with Gasteiger partial charge in [0.1, 0.15) is 10.1 Å². The van der Waals surface area contributed by atoms with E-state index in [0.717, 1.165) is 18.4 Å². The van der Waals surface area contributed by atoms with E-state index in [0.29, 0.717) is 6.61 Å². The summed E-state index contributed by atoms with van der Waals surface area (Å²) < 4.78 is 33.0. The van der Waals surface area contributed by atoms with Gasteiger partial charge in [0, 0.05) is 17.0 Å². The molecule has 1 fully saturated rings. The Hall–Kier alpha value is 0.0500. The minimum absolute atomic E-state index is 0. The van der Waals surface area contributed by atoms with Crippen LogP contribution in [0.5, 0.6) is 0 Å². The average molecular weight is 377 g/mol. The van der Waals surface area contributed by atoms with Crippen molar-refractivity contribution in [2.45, 2.75) is 75.8 Å². The van der Waals surface area contributed by atoms with Crippen LogP contribution in [0.2, 0.25) is 0 Å². The van der Waals surface area contributed by atoms with Crippen molar-refractivity contribution < 1.29 is 47.4 Å². The fourth-order valence-electron chi connectivity index (χ4n) is 3.57. The van der Waals surface area contributed by atoms with Gasteiger partial charge in [0.15, 0.2) is 0 Å². The van der Waals surface area contributed by atoms with Crippen molar-refractivity contribution in [3.05, 3.63) is 29.8 Å². The third-order valence-corrected chi connectivity index (χ3v) is 5.72. The minimum Gasteiger partial charge on any atom is -0.744 e. The molecule has 0 amide bonds. The fraction of sp³-hybridized carbons (Fsp3) is 0.667. The van der Waals surface area contributed by atoms with E-state index in [9.17, 15) is 13.0 Å². The van der Waals surface area contributed by atoms with E-state index in [-0.39, 0.29) is 51.4 Å². The van der Waals surface area contributed by atoms with E-state index in [4.69, 9.17) is 4.84 Å². The summed E-state index contributed by atoms with van der Waals surface area (Å²) in [6.45, 7) is 11.3. The summed E-state index contributed by atoms with van der Waals surface area (Å²) in [6, 6.07) is 6.10. The molecule has 7 heteroatoms. The number of nitrogens with zero attached hydrogens (tertiary/aromatic N) is 1. The van der Waals surface area contributed by atoms with Crippen molar-refractivity contribution >= 4 is 10.1 Å². The van der Waals surface area contributed by atoms with Crippen molar-refractivity contribution in [2.75, 3.05) is 6.61 Å². The molecular weight excluding hydrogens is 349 g/mol. The monoisotopic (exact) mass is 377 g/mol. The zero-order valence-corrected chi connectivity index (χ0v) is 19.0. The zero-order valence-electron chi connectivity index (χ0n) is 16.2. The first-order chi connectivity index (χ1) is 10.9. The summed E-state index contributed by atoms with van der Waals surface area (Å²) in [6.07, 6.45) is 3.39. The molecule has 0 radical (unpaired) electrons. The van der Waals surface area contributed by atoms with Gasteiger partial charge in [-0.3, -0.25) is 4.84 Å². The maximum Gasteiger partial charge on any atom is 1.00 e. The molecule has 0 saturated carbocycles. The van der Waals surface area contributed by atoms with E-state index in [1.807, 2.05) is 6.92 Å². The van der Waals surface area contributed by atoms with E-state index >= 15 is 0 Å². The summed E-state index contributed by atoms with van der Waals surface area (Å²) in [5, 5.41) is 2.12. The van der Waals surface area contributed by atoms with E-state index in [1.54, 1.807) is 12.1 Å². The first-order valence-electron chi connectivity index (χ1n) is 8.43. The van der Waals surface area contributed by atoms with Crippen LogP contribution in [0.25, 0.3) is 0 Å². The molecule has 136 valence electrons. The van der Waals surface area contributed by atoms with Crippen LogP contribution >= 0.6 is 0 Å². The van der Waals surface area contributed by atoms with Crippen LogP contribution in [-0.2, 0) is 15.0 Å². The van der Waals surface area contributed by atoms with Gasteiger partial charge in [-0.05, 0) is 64.7 Å². The van der Waals surface area contributed by atoms with Gasteiger partial charge < -0.3 is 4.55 Å².